The fourth-order valence-corrected chi connectivity index (χ4v) is 3.48. The first-order valence-corrected chi connectivity index (χ1v) is 10.8. The van der Waals surface area contributed by atoms with Gasteiger partial charge in [0.25, 0.3) is 0 Å². The van der Waals surface area contributed by atoms with Gasteiger partial charge in [-0.15, -0.1) is 10.2 Å². The minimum Gasteiger partial charge on any atom is -0.359 e. The summed E-state index contributed by atoms with van der Waals surface area (Å²) >= 11 is 6.75. The largest absolute Gasteiger partial charge is 0.359 e. The zero-order valence-electron chi connectivity index (χ0n) is 18.2. The number of hydrogen-bond donors (Lipinski definition) is 3. The molecule has 0 aliphatic carbocycles. The van der Waals surface area contributed by atoms with Crippen LogP contribution in [0, 0.1) is 5.41 Å². The molecule has 0 aliphatic heterocycles. The molecule has 3 N–H and O–H groups in total. The van der Waals surface area contributed by atoms with Crippen molar-refractivity contribution in [1.82, 2.24) is 20.4 Å². The van der Waals surface area contributed by atoms with Crippen molar-refractivity contribution in [3.8, 4) is 11.3 Å². The van der Waals surface area contributed by atoms with Gasteiger partial charge in [-0.3, -0.25) is 10.2 Å². The van der Waals surface area contributed by atoms with Crippen LogP contribution in [0.5, 0.6) is 0 Å². The number of hydrogen-bond acceptors (Lipinski definition) is 6. The zero-order chi connectivity index (χ0) is 22.9. The molecule has 2 aromatic carbocycles. The van der Waals surface area contributed by atoms with Crippen molar-refractivity contribution in [3.63, 3.8) is 0 Å². The molecule has 32 heavy (non-hydrogen) atoms. The van der Waals surface area contributed by atoms with E-state index in [2.05, 4.69) is 25.7 Å². The van der Waals surface area contributed by atoms with E-state index in [0.717, 1.165) is 18.5 Å². The van der Waals surface area contributed by atoms with Crippen molar-refractivity contribution in [2.24, 2.45) is 0 Å². The average molecular weight is 451 g/mol. The van der Waals surface area contributed by atoms with Crippen LogP contribution in [0.25, 0.3) is 11.3 Å². The summed E-state index contributed by atoms with van der Waals surface area (Å²) in [7, 11) is 3.99. The molecule has 0 unspecified atom stereocenters. The van der Waals surface area contributed by atoms with Gasteiger partial charge in [-0.05, 0) is 27.1 Å². The van der Waals surface area contributed by atoms with Crippen LogP contribution in [-0.4, -0.2) is 60.4 Å². The smallest absolute Gasteiger partial charge is 0.239 e. The number of rotatable bonds is 10. The second-order valence-electron chi connectivity index (χ2n) is 7.55. The number of nitrogens with one attached hydrogen (secondary N) is 3. The first kappa shape index (κ1) is 23.4. The molecule has 3 rings (SSSR count). The minimum atomic E-state index is -0.161. The van der Waals surface area contributed by atoms with Gasteiger partial charge in [0.2, 0.25) is 5.91 Å². The highest BCUT2D eigenvalue weighted by atomic mass is 35.5. The predicted octanol–water partition coefficient (Wildman–Crippen LogP) is 3.69. The Morgan fingerprint density at radius 1 is 1.03 bits per heavy atom. The first-order valence-electron chi connectivity index (χ1n) is 10.4. The van der Waals surface area contributed by atoms with E-state index in [4.69, 9.17) is 17.0 Å². The van der Waals surface area contributed by atoms with Crippen LogP contribution in [0.4, 0.5) is 5.82 Å². The van der Waals surface area contributed by atoms with Crippen LogP contribution < -0.4 is 10.6 Å². The second kappa shape index (κ2) is 11.4. The number of nitrogens with zero attached hydrogens (tertiary/aromatic N) is 3. The molecule has 0 fully saturated rings. The number of amides is 1. The third-order valence-corrected chi connectivity index (χ3v) is 5.16. The highest BCUT2D eigenvalue weighted by molar-refractivity contribution is 6.38. The van der Waals surface area contributed by atoms with Gasteiger partial charge in [0, 0.05) is 17.7 Å². The van der Waals surface area contributed by atoms with Crippen molar-refractivity contribution in [2.45, 2.75) is 6.42 Å². The van der Waals surface area contributed by atoms with Gasteiger partial charge in [-0.25, -0.2) is 0 Å². The SMILES string of the molecule is CN(C)CCCNC(=O)CNc1nnc(-c2ccccc2)c(Cl)c1C(=N)c1ccccc1. The van der Waals surface area contributed by atoms with E-state index in [1.165, 1.54) is 0 Å². The lowest BCUT2D eigenvalue weighted by atomic mass is 10.0. The highest BCUT2D eigenvalue weighted by Gasteiger charge is 2.21. The molecule has 0 bridgehead atoms. The van der Waals surface area contributed by atoms with E-state index in [1.54, 1.807) is 0 Å². The topological polar surface area (TPSA) is 94.0 Å². The Hall–Kier alpha value is -3.29. The van der Waals surface area contributed by atoms with Crippen LogP contribution in [0.2, 0.25) is 5.02 Å². The molecular weight excluding hydrogens is 424 g/mol. The van der Waals surface area contributed by atoms with Crippen molar-refractivity contribution < 1.29 is 4.79 Å². The number of halogens is 1. The minimum absolute atomic E-state index is 0.00667. The van der Waals surface area contributed by atoms with Crippen LogP contribution >= 0.6 is 11.6 Å². The summed E-state index contributed by atoms with van der Waals surface area (Å²) in [5, 5.41) is 23.5. The Kier molecular flexibility index (Phi) is 8.30. The summed E-state index contributed by atoms with van der Waals surface area (Å²) in [5.41, 5.74) is 2.60. The summed E-state index contributed by atoms with van der Waals surface area (Å²) in [5.74, 6) is 0.137. The van der Waals surface area contributed by atoms with Crippen LogP contribution in [0.3, 0.4) is 0 Å². The molecule has 7 nitrogen and oxygen atoms in total. The van der Waals surface area contributed by atoms with Gasteiger partial charge >= 0.3 is 0 Å². The van der Waals surface area contributed by atoms with E-state index < -0.39 is 0 Å². The second-order valence-corrected chi connectivity index (χ2v) is 7.93. The van der Waals surface area contributed by atoms with Crippen molar-refractivity contribution in [1.29, 1.82) is 5.41 Å². The van der Waals surface area contributed by atoms with E-state index in [1.807, 2.05) is 74.8 Å². The van der Waals surface area contributed by atoms with Crippen LogP contribution in [0.1, 0.15) is 17.5 Å². The Labute approximate surface area is 193 Å². The lowest BCUT2D eigenvalue weighted by Gasteiger charge is -2.16. The molecule has 1 aromatic heterocycles. The molecule has 0 radical (unpaired) electrons. The molecule has 1 amide bonds. The number of carbonyl (C=O) groups is 1. The van der Waals surface area contributed by atoms with E-state index in [9.17, 15) is 4.79 Å². The molecule has 0 spiro atoms. The van der Waals surface area contributed by atoms with E-state index in [-0.39, 0.29) is 18.2 Å². The van der Waals surface area contributed by atoms with Crippen LogP contribution in [0.15, 0.2) is 60.7 Å². The summed E-state index contributed by atoms with van der Waals surface area (Å²) in [4.78, 5) is 14.3. The highest BCUT2D eigenvalue weighted by Crippen LogP contribution is 2.33. The zero-order valence-corrected chi connectivity index (χ0v) is 19.0. The number of carbonyl (C=O) groups excluding carboxylic acids is 1. The maximum atomic E-state index is 12.3. The first-order chi connectivity index (χ1) is 15.5. The Morgan fingerprint density at radius 3 is 2.34 bits per heavy atom. The predicted molar refractivity (Wildman–Crippen MR) is 130 cm³/mol. The molecule has 0 saturated carbocycles. The van der Waals surface area contributed by atoms with Crippen molar-refractivity contribution >= 4 is 29.0 Å². The summed E-state index contributed by atoms with van der Waals surface area (Å²) in [6.07, 6.45) is 0.861. The van der Waals surface area contributed by atoms with Gasteiger partial charge < -0.3 is 15.5 Å². The van der Waals surface area contributed by atoms with Crippen molar-refractivity contribution in [2.75, 3.05) is 39.0 Å². The molecule has 166 valence electrons. The normalized spacial score (nSPS) is 10.8. The van der Waals surface area contributed by atoms with Crippen LogP contribution in [-0.2, 0) is 4.79 Å². The molecule has 1 heterocycles. The van der Waals surface area contributed by atoms with E-state index in [0.29, 0.717) is 34.2 Å². The summed E-state index contributed by atoms with van der Waals surface area (Å²) in [6, 6.07) is 18.7. The van der Waals surface area contributed by atoms with Gasteiger partial charge in [0.05, 0.1) is 22.8 Å². The standard InChI is InChI=1S/C24H27ClN6O/c1-31(2)15-9-14-27-19(32)16-28-24-20(22(26)17-10-5-3-6-11-17)21(25)23(29-30-24)18-12-7-4-8-13-18/h3-8,10-13,26H,9,14-16H2,1-2H3,(H,27,32)(H,28,30). The number of anilines is 1. The molecule has 8 heteroatoms. The molecule has 3 aromatic rings. The number of benzene rings is 2. The van der Waals surface area contributed by atoms with E-state index >= 15 is 0 Å². The summed E-state index contributed by atoms with van der Waals surface area (Å²) < 4.78 is 0. The molecule has 0 aliphatic rings. The molecule has 0 atom stereocenters. The number of aromatic nitrogens is 2. The molecule has 0 saturated heterocycles. The molecular formula is C24H27ClN6O. The maximum absolute atomic E-state index is 12.3. The monoisotopic (exact) mass is 450 g/mol. The Balaban J connectivity index is 1.84. The lowest BCUT2D eigenvalue weighted by Crippen LogP contribution is -2.32. The van der Waals surface area contributed by atoms with Gasteiger partial charge in [-0.1, -0.05) is 72.3 Å². The van der Waals surface area contributed by atoms with Gasteiger partial charge in [0.15, 0.2) is 5.82 Å². The third-order valence-electron chi connectivity index (χ3n) is 4.79. The Bertz CT molecular complexity index is 1060. The fraction of sp³-hybridized carbons (Fsp3) is 0.250. The fourth-order valence-electron chi connectivity index (χ4n) is 3.15. The quantitative estimate of drug-likeness (QED) is 0.323. The van der Waals surface area contributed by atoms with Crippen molar-refractivity contribution in [3.05, 3.63) is 76.8 Å². The Morgan fingerprint density at radius 2 is 1.69 bits per heavy atom. The van der Waals surface area contributed by atoms with Gasteiger partial charge in [0.1, 0.15) is 5.69 Å². The average Bonchev–Trinajstić information content (AvgIpc) is 2.81. The lowest BCUT2D eigenvalue weighted by molar-refractivity contribution is -0.119. The van der Waals surface area contributed by atoms with Gasteiger partial charge in [-0.2, -0.15) is 0 Å². The third kappa shape index (κ3) is 6.12. The summed E-state index contributed by atoms with van der Waals surface area (Å²) in [6.45, 7) is 1.49. The maximum Gasteiger partial charge on any atom is 0.239 e.